The molecule has 3 fully saturated rings. The summed E-state index contributed by atoms with van der Waals surface area (Å²) in [5.41, 5.74) is 3.17. The summed E-state index contributed by atoms with van der Waals surface area (Å²) in [5, 5.41) is 10.9. The Morgan fingerprint density at radius 1 is 0.906 bits per heavy atom. The number of carbonyl (C=O) groups excluding carboxylic acids is 3. The van der Waals surface area contributed by atoms with E-state index >= 15 is 9.59 Å². The van der Waals surface area contributed by atoms with E-state index in [0.717, 1.165) is 24.3 Å². The van der Waals surface area contributed by atoms with Gasteiger partial charge in [0.1, 0.15) is 11.8 Å². The normalized spacial score (nSPS) is 24.7. The van der Waals surface area contributed by atoms with E-state index in [4.69, 9.17) is 4.74 Å². The lowest BCUT2D eigenvalue weighted by Gasteiger charge is -2.42. The maximum absolute atomic E-state index is 15.4. The standard InChI is InChI=1S/C43H52N4O5S/c1-7-25-45(33-21-23-34(24-22-33)52-11-5)40(49)37-36-27-29(6)43(53-36)38(37)41(50)47(35(28-48)30-15-13-12-14-16-30)39(43)42(51)46(26-8-2)32-19-17-31(18-20-32)44(9-3)10-4/h7-8,12-24,29,35-39,48H,1-2,9-11,25-28H2,3-6H3/t29?,35-,36+,37-,38+,39?,43?/m1/s1. The van der Waals surface area contributed by atoms with E-state index in [0.29, 0.717) is 30.2 Å². The van der Waals surface area contributed by atoms with Crippen molar-refractivity contribution in [2.75, 3.05) is 54.1 Å². The Bertz CT molecular complexity index is 1780. The molecule has 7 atom stereocenters. The van der Waals surface area contributed by atoms with E-state index in [-0.39, 0.29) is 48.6 Å². The minimum absolute atomic E-state index is 0.0569. The highest BCUT2D eigenvalue weighted by Gasteiger charge is 2.77. The van der Waals surface area contributed by atoms with Crippen molar-refractivity contribution in [3.63, 3.8) is 0 Å². The van der Waals surface area contributed by atoms with Gasteiger partial charge in [-0.05, 0) is 87.2 Å². The molecule has 3 aromatic carbocycles. The van der Waals surface area contributed by atoms with Gasteiger partial charge in [0.05, 0.1) is 35.8 Å². The van der Waals surface area contributed by atoms with Crippen LogP contribution in [0.1, 0.15) is 45.7 Å². The summed E-state index contributed by atoms with van der Waals surface area (Å²) in [6.07, 6.45) is 4.08. The third-order valence-corrected chi connectivity index (χ3v) is 13.4. The molecule has 0 radical (unpaired) electrons. The topological polar surface area (TPSA) is 93.6 Å². The largest absolute Gasteiger partial charge is 0.494 e. The van der Waals surface area contributed by atoms with Crippen LogP contribution in [-0.4, -0.2) is 83.2 Å². The fourth-order valence-corrected chi connectivity index (χ4v) is 11.3. The summed E-state index contributed by atoms with van der Waals surface area (Å²) < 4.78 is 4.75. The van der Waals surface area contributed by atoms with Crippen molar-refractivity contribution < 1.29 is 24.2 Å². The third kappa shape index (κ3) is 6.65. The summed E-state index contributed by atoms with van der Waals surface area (Å²) in [6.45, 7) is 18.5. The molecule has 6 rings (SSSR count). The Hall–Kier alpha value is -4.54. The number of rotatable bonds is 16. The second-order valence-electron chi connectivity index (χ2n) is 14.0. The molecule has 0 saturated carbocycles. The minimum atomic E-state index is -0.944. The lowest BCUT2D eigenvalue weighted by molar-refractivity contribution is -0.142. The number of aliphatic hydroxyl groups excluding tert-OH is 1. The van der Waals surface area contributed by atoms with Crippen LogP contribution in [0.15, 0.2) is 104 Å². The van der Waals surface area contributed by atoms with Gasteiger partial charge < -0.3 is 29.4 Å². The zero-order valence-corrected chi connectivity index (χ0v) is 32.1. The first-order valence-electron chi connectivity index (χ1n) is 18.8. The van der Waals surface area contributed by atoms with E-state index in [1.165, 1.54) is 0 Å². The maximum Gasteiger partial charge on any atom is 0.251 e. The van der Waals surface area contributed by atoms with Crippen LogP contribution in [-0.2, 0) is 14.4 Å². The zero-order valence-electron chi connectivity index (χ0n) is 31.3. The average molecular weight is 737 g/mol. The lowest BCUT2D eigenvalue weighted by Crippen LogP contribution is -2.58. The number of anilines is 3. The number of fused-ring (bicyclic) bond motifs is 1. The molecule has 53 heavy (non-hydrogen) atoms. The number of hydrogen-bond acceptors (Lipinski definition) is 7. The Morgan fingerprint density at radius 2 is 1.47 bits per heavy atom. The molecule has 3 amide bonds. The van der Waals surface area contributed by atoms with Crippen LogP contribution >= 0.6 is 11.8 Å². The first kappa shape index (κ1) is 38.2. The quantitative estimate of drug-likeness (QED) is 0.163. The van der Waals surface area contributed by atoms with Crippen LogP contribution in [0.3, 0.4) is 0 Å². The fraction of sp³-hybridized carbons (Fsp3) is 0.419. The summed E-state index contributed by atoms with van der Waals surface area (Å²) >= 11 is 1.63. The predicted octanol–water partition coefficient (Wildman–Crippen LogP) is 6.74. The summed E-state index contributed by atoms with van der Waals surface area (Å²) in [5.74, 6) is -1.48. The molecule has 3 unspecified atom stereocenters. The van der Waals surface area contributed by atoms with Gasteiger partial charge in [0.25, 0.3) is 5.91 Å². The highest BCUT2D eigenvalue weighted by atomic mass is 32.2. The lowest BCUT2D eigenvalue weighted by atomic mass is 9.65. The van der Waals surface area contributed by atoms with Gasteiger partial charge in [0.15, 0.2) is 0 Å². The maximum atomic E-state index is 15.4. The van der Waals surface area contributed by atoms with Gasteiger partial charge in [0.2, 0.25) is 11.8 Å². The number of amides is 3. The van der Waals surface area contributed by atoms with Gasteiger partial charge >= 0.3 is 0 Å². The minimum Gasteiger partial charge on any atom is -0.494 e. The van der Waals surface area contributed by atoms with E-state index in [2.05, 4.69) is 38.8 Å². The van der Waals surface area contributed by atoms with Gasteiger partial charge in [-0.15, -0.1) is 24.9 Å². The van der Waals surface area contributed by atoms with E-state index in [1.807, 2.05) is 85.8 Å². The molecule has 9 nitrogen and oxygen atoms in total. The molecular weight excluding hydrogens is 685 g/mol. The van der Waals surface area contributed by atoms with Gasteiger partial charge in [-0.3, -0.25) is 14.4 Å². The number of likely N-dealkylation sites (tertiary alicyclic amines) is 1. The predicted molar refractivity (Wildman–Crippen MR) is 214 cm³/mol. The van der Waals surface area contributed by atoms with E-state index in [1.54, 1.807) is 38.6 Å². The smallest absolute Gasteiger partial charge is 0.251 e. The second-order valence-corrected chi connectivity index (χ2v) is 15.5. The SMILES string of the molecule is C=CCN(C(=O)C1N([C@H](CO)c2ccccc2)C(=O)[C@@H]2[C@H](C(=O)N(CC=C)c3ccc(OCC)cc3)[C@@H]3CC(C)C12S3)c1ccc(N(CC)CC)cc1. The molecule has 1 N–H and O–H groups in total. The second kappa shape index (κ2) is 16.2. The van der Waals surface area contributed by atoms with Crippen molar-refractivity contribution in [3.05, 3.63) is 110 Å². The molecule has 0 aromatic heterocycles. The van der Waals surface area contributed by atoms with Crippen molar-refractivity contribution in [1.82, 2.24) is 4.90 Å². The number of benzene rings is 3. The highest BCUT2D eigenvalue weighted by Crippen LogP contribution is 2.69. The van der Waals surface area contributed by atoms with Crippen LogP contribution in [0, 0.1) is 17.8 Å². The molecule has 3 aliphatic heterocycles. The van der Waals surface area contributed by atoms with Gasteiger partial charge in [-0.2, -0.15) is 0 Å². The molecule has 1 spiro atoms. The Balaban J connectivity index is 1.46. The highest BCUT2D eigenvalue weighted by molar-refractivity contribution is 8.02. The molecular formula is C43H52N4O5S. The monoisotopic (exact) mass is 736 g/mol. The summed E-state index contributed by atoms with van der Waals surface area (Å²) in [4.78, 5) is 52.9. The van der Waals surface area contributed by atoms with Crippen molar-refractivity contribution >= 4 is 46.5 Å². The molecule has 2 bridgehead atoms. The van der Waals surface area contributed by atoms with Crippen LogP contribution in [0.4, 0.5) is 17.1 Å². The molecule has 0 aliphatic carbocycles. The first-order valence-corrected chi connectivity index (χ1v) is 19.7. The average Bonchev–Trinajstić information content (AvgIpc) is 3.78. The van der Waals surface area contributed by atoms with Crippen LogP contribution in [0.5, 0.6) is 5.75 Å². The van der Waals surface area contributed by atoms with Crippen LogP contribution in [0.2, 0.25) is 0 Å². The van der Waals surface area contributed by atoms with E-state index in [9.17, 15) is 9.90 Å². The number of nitrogens with zero attached hydrogens (tertiary/aromatic N) is 4. The zero-order chi connectivity index (χ0) is 37.9. The number of hydrogen-bond donors (Lipinski definition) is 1. The van der Waals surface area contributed by atoms with Gasteiger partial charge in [0, 0.05) is 48.5 Å². The molecule has 280 valence electrons. The fourth-order valence-electron chi connectivity index (χ4n) is 8.94. The van der Waals surface area contributed by atoms with Crippen molar-refractivity contribution in [1.29, 1.82) is 0 Å². The van der Waals surface area contributed by atoms with Gasteiger partial charge in [-0.1, -0.05) is 49.4 Å². The van der Waals surface area contributed by atoms with Crippen molar-refractivity contribution in [2.24, 2.45) is 17.8 Å². The van der Waals surface area contributed by atoms with Crippen LogP contribution in [0.25, 0.3) is 0 Å². The Kier molecular flexibility index (Phi) is 11.7. The Labute approximate surface area is 318 Å². The number of thioether (sulfide) groups is 1. The van der Waals surface area contributed by atoms with Gasteiger partial charge in [-0.25, -0.2) is 0 Å². The Morgan fingerprint density at radius 3 is 2.02 bits per heavy atom. The molecule has 3 aromatic rings. The molecule has 3 aliphatic rings. The molecule has 3 saturated heterocycles. The summed E-state index contributed by atoms with van der Waals surface area (Å²) in [7, 11) is 0. The number of ether oxygens (including phenoxy) is 1. The van der Waals surface area contributed by atoms with Crippen molar-refractivity contribution in [3.8, 4) is 5.75 Å². The summed E-state index contributed by atoms with van der Waals surface area (Å²) in [6, 6.07) is 23.0. The van der Waals surface area contributed by atoms with Crippen molar-refractivity contribution in [2.45, 2.75) is 56.2 Å². The number of carbonyl (C=O) groups is 3. The van der Waals surface area contributed by atoms with E-state index < -0.39 is 28.7 Å². The number of aliphatic hydroxyl groups is 1. The molecule has 3 heterocycles. The first-order chi connectivity index (χ1) is 25.7. The molecule has 10 heteroatoms. The third-order valence-electron chi connectivity index (χ3n) is 11.3. The van der Waals surface area contributed by atoms with Crippen LogP contribution < -0.4 is 19.4 Å².